The Bertz CT molecular complexity index is 960. The SMILES string of the molecule is CCC1(CC)CC2(CC(C)(C)N1OC(C)c1ccc(OCC3CO3)cc1)OCC(C(=O)O)(C(=O)O)CO2. The Kier molecular flexibility index (Phi) is 7.62. The number of rotatable bonds is 10. The number of hydrogen-bond donors (Lipinski definition) is 2. The normalized spacial score (nSPS) is 26.4. The number of aliphatic carboxylic acids is 2. The lowest BCUT2D eigenvalue weighted by Gasteiger charge is -2.61. The summed E-state index contributed by atoms with van der Waals surface area (Å²) < 4.78 is 23.0. The Balaban J connectivity index is 1.51. The third kappa shape index (κ3) is 5.35. The van der Waals surface area contributed by atoms with Gasteiger partial charge in [-0.25, -0.2) is 0 Å². The number of ether oxygens (including phenoxy) is 4. The van der Waals surface area contributed by atoms with Crippen LogP contribution in [0.25, 0.3) is 0 Å². The van der Waals surface area contributed by atoms with Crippen LogP contribution in [0.3, 0.4) is 0 Å². The molecule has 3 aliphatic rings. The van der Waals surface area contributed by atoms with Crippen molar-refractivity contribution in [2.24, 2.45) is 5.41 Å². The Hall–Kier alpha value is -2.24. The first kappa shape index (κ1) is 27.8. The third-order valence-corrected chi connectivity index (χ3v) is 8.03. The minimum Gasteiger partial charge on any atom is -0.491 e. The van der Waals surface area contributed by atoms with E-state index in [0.717, 1.165) is 30.8 Å². The zero-order valence-electron chi connectivity index (χ0n) is 22.3. The Morgan fingerprint density at radius 1 is 1.05 bits per heavy atom. The molecule has 2 unspecified atom stereocenters. The molecule has 0 aliphatic carbocycles. The molecule has 2 N–H and O–H groups in total. The predicted molar refractivity (Wildman–Crippen MR) is 132 cm³/mol. The summed E-state index contributed by atoms with van der Waals surface area (Å²) in [5.41, 5.74) is -2.14. The van der Waals surface area contributed by atoms with Crippen LogP contribution in [0.15, 0.2) is 24.3 Å². The van der Waals surface area contributed by atoms with Crippen molar-refractivity contribution in [2.45, 2.75) is 89.4 Å². The van der Waals surface area contributed by atoms with E-state index in [1.54, 1.807) is 0 Å². The van der Waals surface area contributed by atoms with E-state index in [-0.39, 0.29) is 12.2 Å². The van der Waals surface area contributed by atoms with Gasteiger partial charge in [-0.3, -0.25) is 14.4 Å². The number of carboxylic acids is 2. The quantitative estimate of drug-likeness (QED) is 0.347. The first-order chi connectivity index (χ1) is 17.4. The van der Waals surface area contributed by atoms with Gasteiger partial charge in [0, 0.05) is 18.4 Å². The van der Waals surface area contributed by atoms with E-state index in [2.05, 4.69) is 18.9 Å². The molecule has 3 aliphatic heterocycles. The standard InChI is InChI=1S/C27H39NO9/c1-6-25(7-2)15-27(35-16-26(17-36-27,22(29)30)23(31)32)14-24(4,5)28(25)37-18(3)19-8-10-20(11-9-19)33-12-21-13-34-21/h8-11,18,21H,6-7,12-17H2,1-5H3,(H,29,30)(H,31,32). The third-order valence-electron chi connectivity index (χ3n) is 8.03. The molecule has 1 spiro atoms. The first-order valence-corrected chi connectivity index (χ1v) is 13.0. The van der Waals surface area contributed by atoms with Crippen molar-refractivity contribution < 1.29 is 43.6 Å². The maximum absolute atomic E-state index is 11.8. The number of carbonyl (C=O) groups is 2. The van der Waals surface area contributed by atoms with Gasteiger partial charge in [-0.05, 0) is 51.3 Å². The van der Waals surface area contributed by atoms with E-state index < -0.39 is 47.4 Å². The van der Waals surface area contributed by atoms with Crippen LogP contribution >= 0.6 is 0 Å². The Labute approximate surface area is 217 Å². The van der Waals surface area contributed by atoms with Crippen LogP contribution in [0.4, 0.5) is 0 Å². The number of hydroxylamine groups is 2. The molecular weight excluding hydrogens is 482 g/mol. The monoisotopic (exact) mass is 521 g/mol. The predicted octanol–water partition coefficient (Wildman–Crippen LogP) is 3.79. The smallest absolute Gasteiger partial charge is 0.325 e. The van der Waals surface area contributed by atoms with E-state index in [1.807, 2.05) is 45.0 Å². The van der Waals surface area contributed by atoms with Gasteiger partial charge in [0.15, 0.2) is 5.79 Å². The van der Waals surface area contributed by atoms with Gasteiger partial charge in [0.05, 0.1) is 25.4 Å². The van der Waals surface area contributed by atoms with E-state index in [9.17, 15) is 19.8 Å². The van der Waals surface area contributed by atoms with Crippen LogP contribution in [-0.2, 0) is 28.6 Å². The van der Waals surface area contributed by atoms with Crippen molar-refractivity contribution in [2.75, 3.05) is 26.4 Å². The summed E-state index contributed by atoms with van der Waals surface area (Å²) in [6.07, 6.45) is 2.23. The van der Waals surface area contributed by atoms with Crippen molar-refractivity contribution in [3.05, 3.63) is 29.8 Å². The van der Waals surface area contributed by atoms with Crippen LogP contribution in [0.5, 0.6) is 5.75 Å². The number of hydrogen-bond acceptors (Lipinski definition) is 8. The fraction of sp³-hybridized carbons (Fsp3) is 0.704. The van der Waals surface area contributed by atoms with Crippen LogP contribution in [0.1, 0.15) is 72.0 Å². The Morgan fingerprint density at radius 3 is 2.11 bits per heavy atom. The van der Waals surface area contributed by atoms with Gasteiger partial charge in [0.25, 0.3) is 0 Å². The lowest BCUT2D eigenvalue weighted by atomic mass is 9.72. The summed E-state index contributed by atoms with van der Waals surface area (Å²) >= 11 is 0. The number of epoxide rings is 1. The van der Waals surface area contributed by atoms with Crippen LogP contribution in [-0.4, -0.2) is 76.6 Å². The zero-order valence-corrected chi connectivity index (χ0v) is 22.3. The van der Waals surface area contributed by atoms with Gasteiger partial charge < -0.3 is 29.2 Å². The summed E-state index contributed by atoms with van der Waals surface area (Å²) in [5, 5.41) is 21.2. The molecule has 37 heavy (non-hydrogen) atoms. The Morgan fingerprint density at radius 2 is 1.62 bits per heavy atom. The fourth-order valence-electron chi connectivity index (χ4n) is 5.59. The molecule has 2 atom stereocenters. The van der Waals surface area contributed by atoms with Crippen LogP contribution in [0.2, 0.25) is 0 Å². The van der Waals surface area contributed by atoms with E-state index in [0.29, 0.717) is 19.4 Å². The fourth-order valence-corrected chi connectivity index (χ4v) is 5.59. The molecule has 0 aromatic heterocycles. The van der Waals surface area contributed by atoms with Gasteiger partial charge in [-0.1, -0.05) is 26.0 Å². The van der Waals surface area contributed by atoms with Gasteiger partial charge in [-0.15, -0.1) is 0 Å². The second-order valence-electron chi connectivity index (χ2n) is 11.2. The summed E-state index contributed by atoms with van der Waals surface area (Å²) in [6, 6.07) is 7.86. The molecule has 3 heterocycles. The summed E-state index contributed by atoms with van der Waals surface area (Å²) in [5.74, 6) is -3.23. The van der Waals surface area contributed by atoms with Crippen LogP contribution < -0.4 is 4.74 Å². The van der Waals surface area contributed by atoms with Gasteiger partial charge in [0.1, 0.15) is 24.6 Å². The lowest BCUT2D eigenvalue weighted by molar-refractivity contribution is -0.391. The topological polar surface area (TPSA) is 127 Å². The van der Waals surface area contributed by atoms with Gasteiger partial charge in [0.2, 0.25) is 5.41 Å². The van der Waals surface area contributed by atoms with Gasteiger partial charge >= 0.3 is 11.9 Å². The summed E-state index contributed by atoms with van der Waals surface area (Å²) in [4.78, 5) is 30.2. The molecule has 0 amide bonds. The molecule has 4 rings (SSSR count). The molecule has 0 radical (unpaired) electrons. The van der Waals surface area contributed by atoms with Crippen molar-refractivity contribution >= 4 is 11.9 Å². The second kappa shape index (κ2) is 10.1. The highest BCUT2D eigenvalue weighted by Gasteiger charge is 2.62. The number of carboxylic acid groups (broad SMARTS) is 2. The van der Waals surface area contributed by atoms with Crippen molar-refractivity contribution in [3.63, 3.8) is 0 Å². The molecule has 1 aromatic rings. The molecule has 206 valence electrons. The summed E-state index contributed by atoms with van der Waals surface area (Å²) in [7, 11) is 0. The lowest BCUT2D eigenvalue weighted by Crippen LogP contribution is -2.70. The molecular formula is C27H39NO9. The second-order valence-corrected chi connectivity index (χ2v) is 11.2. The highest BCUT2D eigenvalue weighted by atomic mass is 16.7. The van der Waals surface area contributed by atoms with E-state index in [4.69, 9.17) is 23.8 Å². The molecule has 0 bridgehead atoms. The highest BCUT2D eigenvalue weighted by Crippen LogP contribution is 2.52. The van der Waals surface area contributed by atoms with E-state index >= 15 is 0 Å². The van der Waals surface area contributed by atoms with Gasteiger partial charge in [-0.2, -0.15) is 5.06 Å². The van der Waals surface area contributed by atoms with E-state index in [1.165, 1.54) is 0 Å². The maximum Gasteiger partial charge on any atom is 0.325 e. The molecule has 10 heteroatoms. The largest absolute Gasteiger partial charge is 0.491 e. The average molecular weight is 522 g/mol. The van der Waals surface area contributed by atoms with Crippen LogP contribution in [0, 0.1) is 5.41 Å². The summed E-state index contributed by atoms with van der Waals surface area (Å²) in [6.45, 7) is 10.7. The van der Waals surface area contributed by atoms with Crippen molar-refractivity contribution in [1.82, 2.24) is 5.06 Å². The minimum atomic E-state index is -2.11. The number of piperidine rings is 1. The molecule has 1 aromatic carbocycles. The highest BCUT2D eigenvalue weighted by molar-refractivity contribution is 5.98. The number of benzene rings is 1. The zero-order chi connectivity index (χ0) is 27.1. The molecule has 10 nitrogen and oxygen atoms in total. The number of nitrogens with zero attached hydrogens (tertiary/aromatic N) is 1. The molecule has 3 fully saturated rings. The molecule has 3 saturated heterocycles. The maximum atomic E-state index is 11.8. The molecule has 0 saturated carbocycles. The average Bonchev–Trinajstić information content (AvgIpc) is 3.69. The first-order valence-electron chi connectivity index (χ1n) is 13.0. The van der Waals surface area contributed by atoms with Crippen molar-refractivity contribution in [3.8, 4) is 5.75 Å². The minimum absolute atomic E-state index is 0.199. The van der Waals surface area contributed by atoms with Crippen molar-refractivity contribution in [1.29, 1.82) is 0 Å².